The molecule has 0 radical (unpaired) electrons. The summed E-state index contributed by atoms with van der Waals surface area (Å²) >= 11 is 0. The van der Waals surface area contributed by atoms with Gasteiger partial charge in [-0.3, -0.25) is 4.79 Å². The molecule has 2 rings (SSSR count). The number of alkyl halides is 3. The van der Waals surface area contributed by atoms with E-state index in [1.807, 2.05) is 0 Å². The average molecular weight is 373 g/mol. The molecule has 6 nitrogen and oxygen atoms in total. The van der Waals surface area contributed by atoms with Gasteiger partial charge in [0.2, 0.25) is 0 Å². The molecule has 10 heteroatoms. The number of nitrogens with zero attached hydrogens (tertiary/aromatic N) is 2. The Morgan fingerprint density at radius 2 is 1.96 bits per heavy atom. The summed E-state index contributed by atoms with van der Waals surface area (Å²) in [5.41, 5.74) is -4.03. The van der Waals surface area contributed by atoms with Crippen LogP contribution in [0.5, 0.6) is 5.75 Å². The molecule has 0 fully saturated rings. The van der Waals surface area contributed by atoms with E-state index in [4.69, 9.17) is 5.11 Å². The first-order chi connectivity index (χ1) is 11.9. The van der Waals surface area contributed by atoms with Crippen LogP contribution >= 0.6 is 0 Å². The van der Waals surface area contributed by atoms with E-state index in [0.29, 0.717) is 10.7 Å². The Bertz CT molecular complexity index is 920. The molecule has 2 aromatic rings. The molecule has 0 atom stereocenters. The van der Waals surface area contributed by atoms with Gasteiger partial charge in [0.25, 0.3) is 5.56 Å². The third-order valence-electron chi connectivity index (χ3n) is 3.60. The number of carboxylic acids is 1. The van der Waals surface area contributed by atoms with Gasteiger partial charge in [0, 0.05) is 5.56 Å². The van der Waals surface area contributed by atoms with Gasteiger partial charge in [-0.25, -0.2) is 13.9 Å². The molecule has 0 spiro atoms. The fourth-order valence-corrected chi connectivity index (χ4v) is 2.26. The van der Waals surface area contributed by atoms with Crippen LogP contribution < -0.4 is 10.7 Å². The Hall–Kier alpha value is -2.91. The molecule has 1 heterocycles. The number of rotatable bonds is 4. The summed E-state index contributed by atoms with van der Waals surface area (Å²) in [5.74, 6) is -4.56. The van der Waals surface area contributed by atoms with Crippen LogP contribution in [-0.4, -0.2) is 20.9 Å². The van der Waals surface area contributed by atoms with Gasteiger partial charge in [0.1, 0.15) is 11.4 Å². The van der Waals surface area contributed by atoms with Gasteiger partial charge in [-0.2, -0.15) is 18.3 Å². The van der Waals surface area contributed by atoms with Gasteiger partial charge < -0.3 is 10.2 Å². The van der Waals surface area contributed by atoms with Crippen molar-refractivity contribution >= 4 is 5.97 Å². The monoisotopic (exact) mass is 373 g/mol. The largest absolute Gasteiger partial charge is 0.870 e. The van der Waals surface area contributed by atoms with Crippen molar-refractivity contribution in [3.63, 3.8) is 0 Å². The first kappa shape index (κ1) is 19.4. The molecule has 1 N–H and O–H groups in total. The maximum atomic E-state index is 14.0. The molecule has 0 saturated carbocycles. The Morgan fingerprint density at radius 1 is 1.35 bits per heavy atom. The number of hydrogen-bond donors (Lipinski definition) is 1. The van der Waals surface area contributed by atoms with Crippen LogP contribution in [0.4, 0.5) is 17.6 Å². The van der Waals surface area contributed by atoms with Crippen molar-refractivity contribution in [3.05, 3.63) is 56.8 Å². The third-order valence-corrected chi connectivity index (χ3v) is 3.60. The normalized spacial score (nSPS) is 11.8. The van der Waals surface area contributed by atoms with Crippen molar-refractivity contribution < 1.29 is 32.6 Å². The van der Waals surface area contributed by atoms with Gasteiger partial charge in [-0.1, -0.05) is 25.7 Å². The summed E-state index contributed by atoms with van der Waals surface area (Å²) in [5, 5.41) is 24.9. The van der Waals surface area contributed by atoms with Crippen molar-refractivity contribution in [2.45, 2.75) is 32.5 Å². The smallest absolute Gasteiger partial charge is 0.416 e. The van der Waals surface area contributed by atoms with E-state index in [2.05, 4.69) is 5.10 Å². The van der Waals surface area contributed by atoms with Gasteiger partial charge >= 0.3 is 12.1 Å². The zero-order valence-corrected chi connectivity index (χ0v) is 13.6. The van der Waals surface area contributed by atoms with Gasteiger partial charge in [0.05, 0.1) is 17.8 Å². The molecule has 0 amide bonds. The maximum Gasteiger partial charge on any atom is 0.416 e. The van der Waals surface area contributed by atoms with Crippen molar-refractivity contribution in [2.24, 2.45) is 0 Å². The summed E-state index contributed by atoms with van der Waals surface area (Å²) in [7, 11) is 0. The second kappa shape index (κ2) is 6.77. The molecule has 0 aliphatic heterocycles. The van der Waals surface area contributed by atoms with Gasteiger partial charge in [-0.15, -0.1) is 0 Å². The van der Waals surface area contributed by atoms with E-state index in [-0.39, 0.29) is 17.3 Å². The number of benzene rings is 1. The lowest BCUT2D eigenvalue weighted by atomic mass is 10.1. The topological polar surface area (TPSA) is 95.2 Å². The SMILES string of the molecule is CC(C)c1nn(Cc2ccc(C(F)(F)F)cc2F)c(=O)c(C(=O)O)c1[O-]. The van der Waals surface area contributed by atoms with Crippen LogP contribution in [0.15, 0.2) is 23.0 Å². The molecular formula is C16H13F4N2O4-. The number of hydrogen-bond acceptors (Lipinski definition) is 4. The number of carboxylic acid groups (broad SMARTS) is 1. The quantitative estimate of drug-likeness (QED) is 0.830. The highest BCUT2D eigenvalue weighted by Gasteiger charge is 2.31. The first-order valence-electron chi connectivity index (χ1n) is 7.34. The molecule has 0 unspecified atom stereocenters. The van der Waals surface area contributed by atoms with Gasteiger partial charge in [0.15, 0.2) is 0 Å². The highest BCUT2D eigenvalue weighted by atomic mass is 19.4. The van der Waals surface area contributed by atoms with Crippen molar-refractivity contribution in [3.8, 4) is 5.75 Å². The molecule has 26 heavy (non-hydrogen) atoms. The second-order valence-corrected chi connectivity index (χ2v) is 5.82. The third kappa shape index (κ3) is 3.68. The van der Waals surface area contributed by atoms with Gasteiger partial charge in [-0.05, 0) is 18.1 Å². The van der Waals surface area contributed by atoms with Crippen molar-refractivity contribution in [1.29, 1.82) is 0 Å². The summed E-state index contributed by atoms with van der Waals surface area (Å²) in [6, 6.07) is 1.73. The van der Waals surface area contributed by atoms with Crippen LogP contribution in [0.3, 0.4) is 0 Å². The standard InChI is InChI=1S/C16H14F4N2O4/c1-7(2)12-13(23)11(15(25)26)14(24)22(21-12)6-8-3-4-9(5-10(8)17)16(18,19)20/h3-5,7,23H,6H2,1-2H3,(H,25,26)/p-1. The lowest BCUT2D eigenvalue weighted by Crippen LogP contribution is -2.32. The number of aromatic nitrogens is 2. The van der Waals surface area contributed by atoms with E-state index in [1.165, 1.54) is 0 Å². The molecule has 0 aliphatic rings. The van der Waals surface area contributed by atoms with Crippen molar-refractivity contribution in [1.82, 2.24) is 9.78 Å². The fraction of sp³-hybridized carbons (Fsp3) is 0.312. The zero-order valence-electron chi connectivity index (χ0n) is 13.6. The molecule has 0 saturated heterocycles. The van der Waals surface area contributed by atoms with Crippen LogP contribution in [0.2, 0.25) is 0 Å². The lowest BCUT2D eigenvalue weighted by molar-refractivity contribution is -0.271. The Labute approximate surface area is 144 Å². The number of aromatic carboxylic acids is 1. The predicted octanol–water partition coefficient (Wildman–Crippen LogP) is 2.34. The molecular weight excluding hydrogens is 360 g/mol. The zero-order chi connectivity index (χ0) is 19.8. The minimum Gasteiger partial charge on any atom is -0.870 e. The minimum atomic E-state index is -4.74. The van der Waals surface area contributed by atoms with Crippen LogP contribution in [0.25, 0.3) is 0 Å². The van der Waals surface area contributed by atoms with E-state index >= 15 is 0 Å². The number of carbonyl (C=O) groups is 1. The van der Waals surface area contributed by atoms with Crippen LogP contribution in [0, 0.1) is 5.82 Å². The van der Waals surface area contributed by atoms with E-state index in [1.54, 1.807) is 13.8 Å². The highest BCUT2D eigenvalue weighted by Crippen LogP contribution is 2.30. The number of halogens is 4. The molecule has 140 valence electrons. The van der Waals surface area contributed by atoms with E-state index in [9.17, 15) is 32.3 Å². The maximum absolute atomic E-state index is 14.0. The van der Waals surface area contributed by atoms with E-state index < -0.39 is 52.9 Å². The average Bonchev–Trinajstić information content (AvgIpc) is 2.50. The van der Waals surface area contributed by atoms with Crippen LogP contribution in [-0.2, 0) is 12.7 Å². The Balaban J connectivity index is 2.57. The molecule has 0 aliphatic carbocycles. The lowest BCUT2D eigenvalue weighted by Gasteiger charge is -2.20. The molecule has 1 aromatic heterocycles. The summed E-state index contributed by atoms with van der Waals surface area (Å²) < 4.78 is 52.3. The molecule has 0 bridgehead atoms. The fourth-order valence-electron chi connectivity index (χ4n) is 2.26. The Kier molecular flexibility index (Phi) is 5.06. The predicted molar refractivity (Wildman–Crippen MR) is 79.5 cm³/mol. The second-order valence-electron chi connectivity index (χ2n) is 5.82. The van der Waals surface area contributed by atoms with E-state index in [0.717, 1.165) is 6.07 Å². The first-order valence-corrected chi connectivity index (χ1v) is 7.34. The molecule has 1 aromatic carbocycles. The minimum absolute atomic E-state index is 0.214. The highest BCUT2D eigenvalue weighted by molar-refractivity contribution is 5.90. The van der Waals surface area contributed by atoms with Crippen LogP contribution in [0.1, 0.15) is 46.9 Å². The van der Waals surface area contributed by atoms with Crippen molar-refractivity contribution in [2.75, 3.05) is 0 Å². The summed E-state index contributed by atoms with van der Waals surface area (Å²) in [6.45, 7) is 2.47. The summed E-state index contributed by atoms with van der Waals surface area (Å²) in [6.07, 6.45) is -4.74. The Morgan fingerprint density at radius 3 is 2.42 bits per heavy atom. The summed E-state index contributed by atoms with van der Waals surface area (Å²) in [4.78, 5) is 23.4.